The molecule has 1 N–H and O–H groups in total. The summed E-state index contributed by atoms with van der Waals surface area (Å²) in [5.74, 6) is 0. The van der Waals surface area contributed by atoms with Gasteiger partial charge in [-0.15, -0.1) is 0 Å². The summed E-state index contributed by atoms with van der Waals surface area (Å²) in [7, 11) is 4.13. The highest BCUT2D eigenvalue weighted by Gasteiger charge is 2.10. The van der Waals surface area contributed by atoms with Crippen LogP contribution < -0.4 is 10.2 Å². The summed E-state index contributed by atoms with van der Waals surface area (Å²) in [6, 6.07) is 20.0. The lowest BCUT2D eigenvalue weighted by atomic mass is 10.0. The molecule has 0 bridgehead atoms. The zero-order chi connectivity index (χ0) is 14.5. The van der Waals surface area contributed by atoms with Crippen molar-refractivity contribution in [1.29, 1.82) is 0 Å². The highest BCUT2D eigenvalue weighted by atomic mass is 15.1. The molecule has 106 valence electrons. The average molecular weight is 268 g/mol. The Morgan fingerprint density at radius 1 is 0.750 bits per heavy atom. The zero-order valence-electron chi connectivity index (χ0n) is 12.8. The molecule has 0 aromatic heterocycles. The van der Waals surface area contributed by atoms with Gasteiger partial charge in [-0.25, -0.2) is 0 Å². The third kappa shape index (κ3) is 3.61. The van der Waals surface area contributed by atoms with Crippen molar-refractivity contribution in [3.8, 4) is 0 Å². The molecule has 0 saturated carbocycles. The number of nitrogens with zero attached hydrogens (tertiary/aromatic N) is 1. The number of nitrogens with one attached hydrogen (secondary N) is 1. The minimum absolute atomic E-state index is 0.335. The molecular formula is C18H24N2. The van der Waals surface area contributed by atoms with Crippen LogP contribution in [-0.2, 0) is 0 Å². The minimum atomic E-state index is 0.335. The summed E-state index contributed by atoms with van der Waals surface area (Å²) in [6.45, 7) is 4.42. The molecule has 1 unspecified atom stereocenters. The highest BCUT2D eigenvalue weighted by molar-refractivity contribution is 5.46. The predicted octanol–water partition coefficient (Wildman–Crippen LogP) is 4.16. The first-order chi connectivity index (χ1) is 9.58. The smallest absolute Gasteiger partial charge is 0.0361 e. The lowest BCUT2D eigenvalue weighted by Gasteiger charge is -2.21. The Morgan fingerprint density at radius 2 is 1.25 bits per heavy atom. The van der Waals surface area contributed by atoms with Gasteiger partial charge < -0.3 is 10.2 Å². The van der Waals surface area contributed by atoms with E-state index in [-0.39, 0.29) is 0 Å². The Bertz CT molecular complexity index is 517. The first-order valence-electron chi connectivity index (χ1n) is 7.16. The molecule has 0 saturated heterocycles. The van der Waals surface area contributed by atoms with Gasteiger partial charge in [0.2, 0.25) is 0 Å². The molecule has 0 heterocycles. The number of benzene rings is 2. The van der Waals surface area contributed by atoms with Gasteiger partial charge in [-0.3, -0.25) is 0 Å². The largest absolute Gasteiger partial charge is 0.378 e. The number of hydrogen-bond acceptors (Lipinski definition) is 2. The van der Waals surface area contributed by atoms with E-state index < -0.39 is 0 Å². The maximum Gasteiger partial charge on any atom is 0.0361 e. The van der Waals surface area contributed by atoms with Gasteiger partial charge in [0.15, 0.2) is 0 Å². The van der Waals surface area contributed by atoms with Crippen LogP contribution in [0.2, 0.25) is 0 Å². The van der Waals surface area contributed by atoms with Crippen molar-refractivity contribution in [2.24, 2.45) is 0 Å². The van der Waals surface area contributed by atoms with Gasteiger partial charge in [0.05, 0.1) is 0 Å². The van der Waals surface area contributed by atoms with Gasteiger partial charge >= 0.3 is 0 Å². The van der Waals surface area contributed by atoms with Gasteiger partial charge in [-0.05, 0) is 37.1 Å². The molecule has 20 heavy (non-hydrogen) atoms. The van der Waals surface area contributed by atoms with Gasteiger partial charge in [0, 0.05) is 31.9 Å². The molecule has 2 heteroatoms. The van der Waals surface area contributed by atoms with Gasteiger partial charge in [-0.1, -0.05) is 42.5 Å². The fraction of sp³-hybridized carbons (Fsp3) is 0.333. The lowest BCUT2D eigenvalue weighted by Crippen LogP contribution is -2.22. The normalized spacial score (nSPS) is 13.8. The average Bonchev–Trinajstić information content (AvgIpc) is 2.48. The Hall–Kier alpha value is -1.80. The van der Waals surface area contributed by atoms with Gasteiger partial charge in [0.1, 0.15) is 0 Å². The fourth-order valence-electron chi connectivity index (χ4n) is 2.37. The summed E-state index contributed by atoms with van der Waals surface area (Å²) < 4.78 is 0. The second kappa shape index (κ2) is 6.58. The maximum absolute atomic E-state index is 3.65. The Balaban J connectivity index is 2.02. The molecule has 0 spiro atoms. The van der Waals surface area contributed by atoms with Crippen LogP contribution in [0.4, 0.5) is 5.69 Å². The molecule has 0 amide bonds. The van der Waals surface area contributed by atoms with E-state index in [1.165, 1.54) is 16.8 Å². The van der Waals surface area contributed by atoms with Crippen LogP contribution in [0, 0.1) is 0 Å². The number of hydrogen-bond donors (Lipinski definition) is 1. The van der Waals surface area contributed by atoms with E-state index in [4.69, 9.17) is 0 Å². The SMILES string of the molecule is CC(N[C@@H](C)c1ccccc1)c1ccc(N(C)C)cc1. The monoisotopic (exact) mass is 268 g/mol. The van der Waals surface area contributed by atoms with Crippen LogP contribution in [0.15, 0.2) is 54.6 Å². The first-order valence-corrected chi connectivity index (χ1v) is 7.16. The van der Waals surface area contributed by atoms with Gasteiger partial charge in [-0.2, -0.15) is 0 Å². The highest BCUT2D eigenvalue weighted by Crippen LogP contribution is 2.21. The van der Waals surface area contributed by atoms with Crippen LogP contribution >= 0.6 is 0 Å². The summed E-state index contributed by atoms with van der Waals surface area (Å²) >= 11 is 0. The van der Waals surface area contributed by atoms with E-state index in [1.807, 2.05) is 0 Å². The van der Waals surface area contributed by atoms with E-state index in [1.54, 1.807) is 0 Å². The van der Waals surface area contributed by atoms with E-state index in [2.05, 4.69) is 92.8 Å². The standard InChI is InChI=1S/C18H24N2/c1-14(16-8-6-5-7-9-16)19-15(2)17-10-12-18(13-11-17)20(3)4/h5-15,19H,1-4H3/t14-,15?/m0/s1. The van der Waals surface area contributed by atoms with E-state index >= 15 is 0 Å². The van der Waals surface area contributed by atoms with Crippen LogP contribution in [0.25, 0.3) is 0 Å². The second-order valence-electron chi connectivity index (χ2n) is 5.51. The van der Waals surface area contributed by atoms with Crippen molar-refractivity contribution < 1.29 is 0 Å². The lowest BCUT2D eigenvalue weighted by molar-refractivity contribution is 0.495. The van der Waals surface area contributed by atoms with Crippen LogP contribution in [-0.4, -0.2) is 14.1 Å². The quantitative estimate of drug-likeness (QED) is 0.875. The third-order valence-corrected chi connectivity index (χ3v) is 3.71. The van der Waals surface area contributed by atoms with Gasteiger partial charge in [0.25, 0.3) is 0 Å². The molecule has 2 rings (SSSR count). The van der Waals surface area contributed by atoms with Crippen molar-refractivity contribution in [3.63, 3.8) is 0 Å². The first kappa shape index (κ1) is 14.6. The Kier molecular flexibility index (Phi) is 4.80. The number of rotatable bonds is 5. The summed E-state index contributed by atoms with van der Waals surface area (Å²) in [6.07, 6.45) is 0. The second-order valence-corrected chi connectivity index (χ2v) is 5.51. The Labute approximate surface area is 122 Å². The molecule has 0 radical (unpaired) electrons. The third-order valence-electron chi connectivity index (χ3n) is 3.71. The molecular weight excluding hydrogens is 244 g/mol. The van der Waals surface area contributed by atoms with Crippen LogP contribution in [0.5, 0.6) is 0 Å². The topological polar surface area (TPSA) is 15.3 Å². The minimum Gasteiger partial charge on any atom is -0.378 e. The summed E-state index contributed by atoms with van der Waals surface area (Å²) in [5.41, 5.74) is 3.87. The van der Waals surface area contributed by atoms with Crippen molar-refractivity contribution in [2.45, 2.75) is 25.9 Å². The molecule has 0 aliphatic heterocycles. The van der Waals surface area contributed by atoms with Crippen molar-refractivity contribution in [3.05, 3.63) is 65.7 Å². The summed E-state index contributed by atoms with van der Waals surface area (Å²) in [4.78, 5) is 2.12. The van der Waals surface area contributed by atoms with Crippen LogP contribution in [0.1, 0.15) is 37.1 Å². The maximum atomic E-state index is 3.65. The molecule has 2 aromatic carbocycles. The van der Waals surface area contributed by atoms with E-state index in [0.29, 0.717) is 12.1 Å². The zero-order valence-corrected chi connectivity index (χ0v) is 12.8. The fourth-order valence-corrected chi connectivity index (χ4v) is 2.37. The number of anilines is 1. The van der Waals surface area contributed by atoms with Crippen molar-refractivity contribution in [2.75, 3.05) is 19.0 Å². The predicted molar refractivity (Wildman–Crippen MR) is 87.2 cm³/mol. The van der Waals surface area contributed by atoms with Crippen LogP contribution in [0.3, 0.4) is 0 Å². The van der Waals surface area contributed by atoms with Crippen molar-refractivity contribution in [1.82, 2.24) is 5.32 Å². The van der Waals surface area contributed by atoms with Crippen molar-refractivity contribution >= 4 is 5.69 Å². The molecule has 2 atom stereocenters. The Morgan fingerprint density at radius 3 is 1.75 bits per heavy atom. The molecule has 0 aliphatic carbocycles. The summed E-state index contributed by atoms with van der Waals surface area (Å²) in [5, 5.41) is 3.65. The molecule has 2 aromatic rings. The van der Waals surface area contributed by atoms with E-state index in [9.17, 15) is 0 Å². The molecule has 0 aliphatic rings. The van der Waals surface area contributed by atoms with E-state index in [0.717, 1.165) is 0 Å². The molecule has 0 fully saturated rings. The molecule has 2 nitrogen and oxygen atoms in total.